The summed E-state index contributed by atoms with van der Waals surface area (Å²) in [4.78, 5) is 0. The lowest BCUT2D eigenvalue weighted by molar-refractivity contribution is 0.415. The van der Waals surface area contributed by atoms with E-state index in [9.17, 15) is 0 Å². The van der Waals surface area contributed by atoms with Crippen LogP contribution in [0.4, 0.5) is 0 Å². The Morgan fingerprint density at radius 1 is 0.629 bits per heavy atom. The maximum absolute atomic E-state index is 5.44. The lowest BCUT2D eigenvalue weighted by atomic mass is 10.2. The number of hydrogen-bond acceptors (Lipinski definition) is 1. The number of hydrogen-bond donors (Lipinski definition) is 0. The highest BCUT2D eigenvalue weighted by atomic mass is 31.2. The van der Waals surface area contributed by atoms with E-state index in [1.54, 1.807) is 7.11 Å². The molecule has 0 aliphatic heterocycles. The van der Waals surface area contributed by atoms with Crippen molar-refractivity contribution in [1.82, 2.24) is 4.57 Å². The Labute approximate surface area is 209 Å². The molecule has 0 atom stereocenters. The molecule has 5 aromatic rings. The summed E-state index contributed by atoms with van der Waals surface area (Å²) in [5, 5.41) is 5.69. The van der Waals surface area contributed by atoms with Crippen molar-refractivity contribution in [3.8, 4) is 5.75 Å². The van der Waals surface area contributed by atoms with Crippen molar-refractivity contribution in [2.75, 3.05) is 13.3 Å². The minimum atomic E-state index is -1.73. The highest BCUT2D eigenvalue weighted by Crippen LogP contribution is 2.55. The summed E-state index contributed by atoms with van der Waals surface area (Å²) in [6.45, 7) is 1.03. The second kappa shape index (κ2) is 10.9. The fourth-order valence-electron chi connectivity index (χ4n) is 5.18. The van der Waals surface area contributed by atoms with E-state index in [0.717, 1.165) is 12.3 Å². The molecule has 0 unspecified atom stereocenters. The minimum absolute atomic E-state index is 0.917. The van der Waals surface area contributed by atoms with Crippen LogP contribution in [-0.2, 0) is 6.54 Å². The van der Waals surface area contributed by atoms with E-state index >= 15 is 0 Å². The SMILES string of the molecule is COc1ccc2ccn(CCCCC[P+](c3ccccc3)(c3ccccc3)c3ccccc3)c2c1. The van der Waals surface area contributed by atoms with Crippen molar-refractivity contribution in [2.24, 2.45) is 0 Å². The van der Waals surface area contributed by atoms with Crippen LogP contribution in [0.25, 0.3) is 10.9 Å². The van der Waals surface area contributed by atoms with Gasteiger partial charge in [0, 0.05) is 18.8 Å². The summed E-state index contributed by atoms with van der Waals surface area (Å²) in [5.41, 5.74) is 1.25. The standard InChI is InChI=1S/C32H33NOP/c1-34-28-21-20-27-22-24-33(32(27)26-28)23-12-5-13-25-35(29-14-6-2-7-15-29,30-16-8-3-9-17-30)31-18-10-4-11-19-31/h2-4,6-11,14-22,24,26H,5,12-13,23,25H2,1H3/q+1. The largest absolute Gasteiger partial charge is 0.497 e. The number of methoxy groups -OCH3 is 1. The van der Waals surface area contributed by atoms with Crippen molar-refractivity contribution in [2.45, 2.75) is 25.8 Å². The average Bonchev–Trinajstić information content (AvgIpc) is 3.34. The van der Waals surface area contributed by atoms with Gasteiger partial charge in [-0.25, -0.2) is 0 Å². The molecule has 0 amide bonds. The van der Waals surface area contributed by atoms with Gasteiger partial charge in [-0.3, -0.25) is 0 Å². The van der Waals surface area contributed by atoms with Crippen LogP contribution >= 0.6 is 7.26 Å². The Bertz CT molecular complexity index is 1250. The Morgan fingerprint density at radius 2 is 1.20 bits per heavy atom. The monoisotopic (exact) mass is 478 g/mol. The predicted octanol–water partition coefficient (Wildman–Crippen LogP) is 6.81. The molecule has 0 spiro atoms. The summed E-state index contributed by atoms with van der Waals surface area (Å²) in [7, 11) is 0.00549. The maximum Gasteiger partial charge on any atom is 0.120 e. The van der Waals surface area contributed by atoms with E-state index in [4.69, 9.17) is 4.74 Å². The van der Waals surface area contributed by atoms with Gasteiger partial charge in [-0.15, -0.1) is 0 Å². The Balaban J connectivity index is 1.37. The minimum Gasteiger partial charge on any atom is -0.497 e. The normalized spacial score (nSPS) is 11.6. The molecule has 35 heavy (non-hydrogen) atoms. The highest BCUT2D eigenvalue weighted by Gasteiger charge is 2.44. The molecular formula is C32H33NOP+. The first-order valence-corrected chi connectivity index (χ1v) is 14.5. The molecule has 0 saturated carbocycles. The van der Waals surface area contributed by atoms with E-state index in [1.165, 1.54) is 52.2 Å². The summed E-state index contributed by atoms with van der Waals surface area (Å²) in [6.07, 6.45) is 6.97. The first kappa shape index (κ1) is 23.4. The maximum atomic E-state index is 5.44. The van der Waals surface area contributed by atoms with Crippen molar-refractivity contribution in [1.29, 1.82) is 0 Å². The van der Waals surface area contributed by atoms with Crippen LogP contribution in [0, 0.1) is 0 Å². The van der Waals surface area contributed by atoms with E-state index in [-0.39, 0.29) is 0 Å². The van der Waals surface area contributed by atoms with Gasteiger partial charge in [0.25, 0.3) is 0 Å². The molecule has 176 valence electrons. The zero-order valence-corrected chi connectivity index (χ0v) is 21.3. The lowest BCUT2D eigenvalue weighted by Crippen LogP contribution is -2.33. The molecular weight excluding hydrogens is 445 g/mol. The molecule has 1 aromatic heterocycles. The van der Waals surface area contributed by atoms with Crippen molar-refractivity contribution < 1.29 is 4.74 Å². The predicted molar refractivity (Wildman–Crippen MR) is 152 cm³/mol. The van der Waals surface area contributed by atoms with Gasteiger partial charge in [-0.2, -0.15) is 0 Å². The molecule has 5 rings (SSSR count). The number of rotatable bonds is 10. The molecule has 0 saturated heterocycles. The Kier molecular flexibility index (Phi) is 7.31. The zero-order valence-electron chi connectivity index (χ0n) is 20.4. The fourth-order valence-corrected chi connectivity index (χ4v) is 9.59. The number of fused-ring (bicyclic) bond motifs is 1. The van der Waals surface area contributed by atoms with Gasteiger partial charge in [0.05, 0.1) is 18.8 Å². The van der Waals surface area contributed by atoms with Crippen LogP contribution in [0.15, 0.2) is 121 Å². The van der Waals surface area contributed by atoms with Gasteiger partial charge < -0.3 is 9.30 Å². The molecule has 4 aromatic carbocycles. The van der Waals surface area contributed by atoms with Gasteiger partial charge in [-0.1, -0.05) is 54.6 Å². The van der Waals surface area contributed by atoms with Crippen LogP contribution in [-0.4, -0.2) is 17.8 Å². The number of aromatic nitrogens is 1. The van der Waals surface area contributed by atoms with Crippen LogP contribution in [0.1, 0.15) is 19.3 Å². The molecule has 0 N–H and O–H groups in total. The quantitative estimate of drug-likeness (QED) is 0.159. The van der Waals surface area contributed by atoms with E-state index < -0.39 is 7.26 Å². The average molecular weight is 479 g/mol. The first-order chi connectivity index (χ1) is 17.3. The van der Waals surface area contributed by atoms with Crippen molar-refractivity contribution in [3.63, 3.8) is 0 Å². The van der Waals surface area contributed by atoms with Gasteiger partial charge in [0.1, 0.15) is 28.9 Å². The van der Waals surface area contributed by atoms with Gasteiger partial charge >= 0.3 is 0 Å². The first-order valence-electron chi connectivity index (χ1n) is 12.5. The lowest BCUT2D eigenvalue weighted by Gasteiger charge is -2.27. The summed E-state index contributed by atoms with van der Waals surface area (Å²) in [6, 6.07) is 42.1. The molecule has 2 nitrogen and oxygen atoms in total. The Morgan fingerprint density at radius 3 is 1.74 bits per heavy atom. The molecule has 0 aliphatic carbocycles. The van der Waals surface area contributed by atoms with Crippen molar-refractivity contribution >= 4 is 34.1 Å². The third kappa shape index (κ3) is 4.90. The van der Waals surface area contributed by atoms with Crippen LogP contribution in [0.2, 0.25) is 0 Å². The number of ether oxygens (including phenoxy) is 1. The molecule has 0 fully saturated rings. The zero-order chi connectivity index (χ0) is 23.9. The molecule has 0 radical (unpaired) electrons. The Hall–Kier alpha value is -3.35. The van der Waals surface area contributed by atoms with E-state index in [0.29, 0.717) is 0 Å². The molecule has 0 bridgehead atoms. The summed E-state index contributed by atoms with van der Waals surface area (Å²) in [5.74, 6) is 0.917. The second-order valence-corrected chi connectivity index (χ2v) is 12.7. The topological polar surface area (TPSA) is 14.2 Å². The summed E-state index contributed by atoms with van der Waals surface area (Å²) < 4.78 is 7.81. The van der Waals surface area contributed by atoms with Crippen LogP contribution < -0.4 is 20.7 Å². The number of benzene rings is 4. The molecule has 0 aliphatic rings. The van der Waals surface area contributed by atoms with Crippen LogP contribution in [0.3, 0.4) is 0 Å². The summed E-state index contributed by atoms with van der Waals surface area (Å²) >= 11 is 0. The smallest absolute Gasteiger partial charge is 0.120 e. The highest BCUT2D eigenvalue weighted by molar-refractivity contribution is 7.95. The number of unbranched alkanes of at least 4 members (excludes halogenated alkanes) is 2. The van der Waals surface area contributed by atoms with Crippen molar-refractivity contribution in [3.05, 3.63) is 121 Å². The third-order valence-electron chi connectivity index (χ3n) is 6.96. The van der Waals surface area contributed by atoms with E-state index in [1.807, 2.05) is 6.07 Å². The van der Waals surface area contributed by atoms with Gasteiger partial charge in [-0.05, 0) is 79.2 Å². The molecule has 3 heteroatoms. The fraction of sp³-hybridized carbons (Fsp3) is 0.188. The third-order valence-corrected chi connectivity index (χ3v) is 11.5. The number of nitrogens with zero attached hydrogens (tertiary/aromatic N) is 1. The number of aryl methyl sites for hydroxylation is 1. The van der Waals surface area contributed by atoms with Crippen LogP contribution in [0.5, 0.6) is 5.75 Å². The van der Waals surface area contributed by atoms with Gasteiger partial charge in [0.2, 0.25) is 0 Å². The second-order valence-electron chi connectivity index (χ2n) is 9.03. The van der Waals surface area contributed by atoms with E-state index in [2.05, 4.69) is 120 Å². The molecule has 1 heterocycles. The van der Waals surface area contributed by atoms with Gasteiger partial charge in [0.15, 0.2) is 0 Å².